The van der Waals surface area contributed by atoms with Crippen molar-refractivity contribution in [3.05, 3.63) is 35.4 Å². The number of carbonyl (C=O) groups is 1. The van der Waals surface area contributed by atoms with Gasteiger partial charge in [-0.2, -0.15) is 0 Å². The molecule has 1 aliphatic rings. The van der Waals surface area contributed by atoms with Crippen molar-refractivity contribution in [1.29, 1.82) is 0 Å². The highest BCUT2D eigenvalue weighted by molar-refractivity contribution is 5.94. The number of nitrogens with two attached hydrogens (primary N) is 1. The molecule has 1 amide bonds. The zero-order valence-electron chi connectivity index (χ0n) is 11.4. The normalized spacial score (nSPS) is 21.8. The van der Waals surface area contributed by atoms with Crippen molar-refractivity contribution in [3.63, 3.8) is 0 Å². The van der Waals surface area contributed by atoms with Crippen molar-refractivity contribution < 1.29 is 9.90 Å². The number of carbonyl (C=O) groups excluding carboxylic acids is 1. The molecule has 4 heteroatoms. The van der Waals surface area contributed by atoms with Gasteiger partial charge in [-0.3, -0.25) is 4.79 Å². The summed E-state index contributed by atoms with van der Waals surface area (Å²) in [5.74, 6) is 0.487. The predicted octanol–water partition coefficient (Wildman–Crippen LogP) is 1.03. The van der Waals surface area contributed by atoms with Crippen LogP contribution in [0.1, 0.15) is 28.8 Å². The summed E-state index contributed by atoms with van der Waals surface area (Å²) in [7, 11) is 1.82. The Balaban J connectivity index is 1.90. The standard InChI is InChI=1S/C15H22N2O2/c1-17(10-12-8-14(18)9-12)15(19)13-4-2-11(3-5-13)6-7-16/h2-5,12,14,18H,6-10,16H2,1H3. The zero-order valence-corrected chi connectivity index (χ0v) is 11.4. The minimum absolute atomic E-state index is 0.0423. The van der Waals surface area contributed by atoms with Crippen LogP contribution < -0.4 is 5.73 Å². The molecule has 0 saturated heterocycles. The number of hydrogen-bond donors (Lipinski definition) is 2. The fourth-order valence-electron chi connectivity index (χ4n) is 2.52. The minimum Gasteiger partial charge on any atom is -0.393 e. The Morgan fingerprint density at radius 1 is 1.37 bits per heavy atom. The van der Waals surface area contributed by atoms with Gasteiger partial charge in [0, 0.05) is 19.2 Å². The molecule has 2 rings (SSSR count). The molecule has 1 aliphatic carbocycles. The van der Waals surface area contributed by atoms with Crippen LogP contribution in [0.5, 0.6) is 0 Å². The van der Waals surface area contributed by atoms with Gasteiger partial charge in [-0.1, -0.05) is 12.1 Å². The van der Waals surface area contributed by atoms with Crippen LogP contribution in [0.3, 0.4) is 0 Å². The van der Waals surface area contributed by atoms with Crippen LogP contribution >= 0.6 is 0 Å². The molecule has 0 unspecified atom stereocenters. The second-order valence-corrected chi connectivity index (χ2v) is 5.41. The van der Waals surface area contributed by atoms with Gasteiger partial charge in [0.1, 0.15) is 0 Å². The first kappa shape index (κ1) is 14.0. The fraction of sp³-hybridized carbons (Fsp3) is 0.533. The van der Waals surface area contributed by atoms with E-state index < -0.39 is 0 Å². The van der Waals surface area contributed by atoms with Gasteiger partial charge in [0.25, 0.3) is 5.91 Å². The molecule has 0 aliphatic heterocycles. The lowest BCUT2D eigenvalue weighted by Crippen LogP contribution is -2.39. The maximum atomic E-state index is 12.2. The highest BCUT2D eigenvalue weighted by Gasteiger charge is 2.29. The van der Waals surface area contributed by atoms with Crippen LogP contribution in [0.25, 0.3) is 0 Å². The summed E-state index contributed by atoms with van der Waals surface area (Å²) in [6.45, 7) is 1.34. The van der Waals surface area contributed by atoms with Crippen molar-refractivity contribution in [3.8, 4) is 0 Å². The molecule has 0 heterocycles. The maximum absolute atomic E-state index is 12.2. The molecule has 0 bridgehead atoms. The van der Waals surface area contributed by atoms with E-state index in [0.29, 0.717) is 18.0 Å². The van der Waals surface area contributed by atoms with E-state index in [9.17, 15) is 9.90 Å². The summed E-state index contributed by atoms with van der Waals surface area (Å²) in [5.41, 5.74) is 7.37. The Labute approximate surface area is 114 Å². The summed E-state index contributed by atoms with van der Waals surface area (Å²) in [6.07, 6.45) is 2.30. The van der Waals surface area contributed by atoms with Crippen LogP contribution in [0.2, 0.25) is 0 Å². The number of amides is 1. The number of aliphatic hydroxyl groups excluding tert-OH is 1. The largest absolute Gasteiger partial charge is 0.393 e. The Morgan fingerprint density at radius 3 is 2.53 bits per heavy atom. The monoisotopic (exact) mass is 262 g/mol. The lowest BCUT2D eigenvalue weighted by molar-refractivity contribution is 0.0265. The first-order chi connectivity index (χ1) is 9.10. The van der Waals surface area contributed by atoms with Gasteiger partial charge in [0.2, 0.25) is 0 Å². The third kappa shape index (κ3) is 3.55. The van der Waals surface area contributed by atoms with E-state index in [2.05, 4.69) is 0 Å². The second-order valence-electron chi connectivity index (χ2n) is 5.41. The number of nitrogens with zero attached hydrogens (tertiary/aromatic N) is 1. The molecule has 0 atom stereocenters. The number of hydrogen-bond acceptors (Lipinski definition) is 3. The summed E-state index contributed by atoms with van der Waals surface area (Å²) in [5, 5.41) is 9.25. The van der Waals surface area contributed by atoms with Crippen molar-refractivity contribution in [2.45, 2.75) is 25.4 Å². The summed E-state index contributed by atoms with van der Waals surface area (Å²) >= 11 is 0. The molecule has 3 N–H and O–H groups in total. The fourth-order valence-corrected chi connectivity index (χ4v) is 2.52. The lowest BCUT2D eigenvalue weighted by Gasteiger charge is -2.34. The van der Waals surface area contributed by atoms with Gasteiger partial charge in [-0.15, -0.1) is 0 Å². The van der Waals surface area contributed by atoms with E-state index >= 15 is 0 Å². The Hall–Kier alpha value is -1.39. The molecule has 1 aromatic carbocycles. The van der Waals surface area contributed by atoms with Crippen molar-refractivity contribution in [1.82, 2.24) is 4.90 Å². The van der Waals surface area contributed by atoms with Crippen LogP contribution in [-0.2, 0) is 6.42 Å². The van der Waals surface area contributed by atoms with Gasteiger partial charge < -0.3 is 15.7 Å². The summed E-state index contributed by atoms with van der Waals surface area (Å²) in [4.78, 5) is 14.0. The number of aliphatic hydroxyl groups is 1. The first-order valence-electron chi connectivity index (χ1n) is 6.82. The Morgan fingerprint density at radius 2 is 2.00 bits per heavy atom. The molecule has 1 aromatic rings. The average molecular weight is 262 g/mol. The van der Waals surface area contributed by atoms with Crippen LogP contribution in [0.4, 0.5) is 0 Å². The first-order valence-corrected chi connectivity index (χ1v) is 6.82. The molecular formula is C15H22N2O2. The molecular weight excluding hydrogens is 240 g/mol. The molecule has 104 valence electrons. The van der Waals surface area contributed by atoms with Crippen LogP contribution in [0.15, 0.2) is 24.3 Å². The summed E-state index contributed by atoms with van der Waals surface area (Å²) < 4.78 is 0. The summed E-state index contributed by atoms with van der Waals surface area (Å²) in [6, 6.07) is 7.64. The molecule has 1 saturated carbocycles. The molecule has 0 spiro atoms. The SMILES string of the molecule is CN(CC1CC(O)C1)C(=O)c1ccc(CCN)cc1. The van der Waals surface area contributed by atoms with E-state index in [-0.39, 0.29) is 12.0 Å². The second kappa shape index (κ2) is 6.17. The van der Waals surface area contributed by atoms with E-state index in [1.807, 2.05) is 31.3 Å². The average Bonchev–Trinajstić information content (AvgIpc) is 2.37. The van der Waals surface area contributed by atoms with Gasteiger partial charge in [-0.05, 0) is 49.4 Å². The molecule has 0 radical (unpaired) electrons. The lowest BCUT2D eigenvalue weighted by atomic mass is 9.82. The van der Waals surface area contributed by atoms with Crippen molar-refractivity contribution in [2.24, 2.45) is 11.7 Å². The molecule has 4 nitrogen and oxygen atoms in total. The van der Waals surface area contributed by atoms with Crippen LogP contribution in [0, 0.1) is 5.92 Å². The van der Waals surface area contributed by atoms with Gasteiger partial charge in [0.15, 0.2) is 0 Å². The molecule has 1 fully saturated rings. The predicted molar refractivity (Wildman–Crippen MR) is 74.9 cm³/mol. The van der Waals surface area contributed by atoms with Gasteiger partial charge in [-0.25, -0.2) is 0 Å². The molecule has 0 aromatic heterocycles. The highest BCUT2D eigenvalue weighted by Crippen LogP contribution is 2.27. The van der Waals surface area contributed by atoms with Gasteiger partial charge >= 0.3 is 0 Å². The Bertz CT molecular complexity index is 424. The van der Waals surface area contributed by atoms with Crippen molar-refractivity contribution in [2.75, 3.05) is 20.1 Å². The van der Waals surface area contributed by atoms with E-state index in [0.717, 1.165) is 31.4 Å². The number of rotatable bonds is 5. The smallest absolute Gasteiger partial charge is 0.253 e. The highest BCUT2D eigenvalue weighted by atomic mass is 16.3. The van der Waals surface area contributed by atoms with E-state index in [1.54, 1.807) is 4.90 Å². The van der Waals surface area contributed by atoms with Crippen molar-refractivity contribution >= 4 is 5.91 Å². The van der Waals surface area contributed by atoms with Crippen LogP contribution in [-0.4, -0.2) is 42.2 Å². The number of benzene rings is 1. The topological polar surface area (TPSA) is 66.6 Å². The maximum Gasteiger partial charge on any atom is 0.253 e. The van der Waals surface area contributed by atoms with E-state index in [4.69, 9.17) is 5.73 Å². The zero-order chi connectivity index (χ0) is 13.8. The molecule has 19 heavy (non-hydrogen) atoms. The quantitative estimate of drug-likeness (QED) is 0.833. The third-order valence-electron chi connectivity index (χ3n) is 3.72. The van der Waals surface area contributed by atoms with Gasteiger partial charge in [0.05, 0.1) is 6.10 Å². The third-order valence-corrected chi connectivity index (χ3v) is 3.72. The van der Waals surface area contributed by atoms with E-state index in [1.165, 1.54) is 0 Å². The Kier molecular flexibility index (Phi) is 4.56. The minimum atomic E-state index is -0.163.